The van der Waals surface area contributed by atoms with Gasteiger partial charge in [-0.15, -0.1) is 0 Å². The summed E-state index contributed by atoms with van der Waals surface area (Å²) in [5.74, 6) is 0. The highest BCUT2D eigenvalue weighted by atomic mass is 16.1. The van der Waals surface area contributed by atoms with Gasteiger partial charge in [0.2, 0.25) is 0 Å². The molecule has 0 aliphatic rings. The molecular weight excluding hydrogens is 104 g/mol. The molecule has 0 saturated carbocycles. The van der Waals surface area contributed by atoms with Gasteiger partial charge in [-0.1, -0.05) is 0 Å². The van der Waals surface area contributed by atoms with Crippen molar-refractivity contribution in [2.75, 3.05) is 13.6 Å². The lowest BCUT2D eigenvalue weighted by atomic mass is 10.4. The predicted octanol–water partition coefficient (Wildman–Crippen LogP) is -0.101. The normalized spacial score (nSPS) is 7.50. The van der Waals surface area contributed by atoms with Crippen LogP contribution in [-0.4, -0.2) is 24.9 Å². The van der Waals surface area contributed by atoms with Crippen LogP contribution in [0.2, 0.25) is 0 Å². The quantitative estimate of drug-likeness (QED) is 0.477. The number of rotatable bonds is 3. The monoisotopic (exact) mass is 111 g/mol. The lowest BCUT2D eigenvalue weighted by Crippen LogP contribution is -2.16. The fourth-order valence-electron chi connectivity index (χ4n) is 0.263. The minimum absolute atomic E-state index is 0.381. The molecule has 0 spiro atoms. The van der Waals surface area contributed by atoms with Crippen molar-refractivity contribution in [2.24, 2.45) is 0 Å². The standard InChI is InChI=1S/C5H7N2O/c1-7(5-8)4-2-3-6/h2,4H2,1H3. The van der Waals surface area contributed by atoms with Crippen molar-refractivity contribution in [2.45, 2.75) is 6.42 Å². The van der Waals surface area contributed by atoms with Crippen molar-refractivity contribution in [1.82, 2.24) is 4.90 Å². The lowest BCUT2D eigenvalue weighted by Gasteiger charge is -2.02. The molecule has 0 N–H and O–H groups in total. The molecule has 43 valence electrons. The van der Waals surface area contributed by atoms with Crippen molar-refractivity contribution < 1.29 is 4.79 Å². The number of hydrogen-bond acceptors (Lipinski definition) is 2. The van der Waals surface area contributed by atoms with Crippen LogP contribution in [0.15, 0.2) is 0 Å². The van der Waals surface area contributed by atoms with E-state index in [1.807, 2.05) is 6.07 Å². The van der Waals surface area contributed by atoms with Gasteiger partial charge >= 0.3 is 6.41 Å². The molecule has 0 atom stereocenters. The fraction of sp³-hybridized carbons (Fsp3) is 0.600. The second-order valence-corrected chi connectivity index (χ2v) is 1.42. The van der Waals surface area contributed by atoms with E-state index in [-0.39, 0.29) is 0 Å². The number of amides is 1. The highest BCUT2D eigenvalue weighted by molar-refractivity contribution is 5.47. The Kier molecular flexibility index (Phi) is 3.59. The van der Waals surface area contributed by atoms with E-state index in [1.54, 1.807) is 13.5 Å². The van der Waals surface area contributed by atoms with Gasteiger partial charge < -0.3 is 4.90 Å². The van der Waals surface area contributed by atoms with Gasteiger partial charge in [0.1, 0.15) is 0 Å². The summed E-state index contributed by atoms with van der Waals surface area (Å²) in [6, 6.07) is 1.91. The molecule has 0 aliphatic heterocycles. The maximum Gasteiger partial charge on any atom is 0.311 e. The first-order valence-electron chi connectivity index (χ1n) is 2.27. The number of carbonyl (C=O) groups excluding carboxylic acids is 1. The predicted molar refractivity (Wildman–Crippen MR) is 28.6 cm³/mol. The van der Waals surface area contributed by atoms with Crippen LogP contribution >= 0.6 is 0 Å². The summed E-state index contributed by atoms with van der Waals surface area (Å²) >= 11 is 0. The Hall–Kier alpha value is -1.04. The molecule has 0 aromatic heterocycles. The molecule has 0 bridgehead atoms. The van der Waals surface area contributed by atoms with Crippen molar-refractivity contribution in [3.63, 3.8) is 0 Å². The second-order valence-electron chi connectivity index (χ2n) is 1.42. The highest BCUT2D eigenvalue weighted by Crippen LogP contribution is 1.78. The summed E-state index contributed by atoms with van der Waals surface area (Å²) in [5.41, 5.74) is 0. The van der Waals surface area contributed by atoms with Crippen LogP contribution < -0.4 is 0 Å². The first kappa shape index (κ1) is 6.96. The molecule has 3 heteroatoms. The fourth-order valence-corrected chi connectivity index (χ4v) is 0.263. The maximum atomic E-state index is 9.70. The molecular formula is C5H7N2O. The average molecular weight is 111 g/mol. The molecule has 8 heavy (non-hydrogen) atoms. The summed E-state index contributed by atoms with van der Waals surface area (Å²) in [7, 11) is 1.59. The Bertz CT molecular complexity index is 105. The van der Waals surface area contributed by atoms with Crippen molar-refractivity contribution >= 4 is 6.41 Å². The van der Waals surface area contributed by atoms with Crippen LogP contribution in [-0.2, 0) is 4.79 Å². The van der Waals surface area contributed by atoms with Crippen molar-refractivity contribution in [1.29, 1.82) is 5.26 Å². The number of nitriles is 1. The topological polar surface area (TPSA) is 44.1 Å². The van der Waals surface area contributed by atoms with Crippen molar-refractivity contribution in [3.8, 4) is 6.07 Å². The van der Waals surface area contributed by atoms with E-state index in [0.29, 0.717) is 13.0 Å². The largest absolute Gasteiger partial charge is 0.336 e. The maximum absolute atomic E-state index is 9.70. The Morgan fingerprint density at radius 1 is 1.75 bits per heavy atom. The zero-order chi connectivity index (χ0) is 6.41. The smallest absolute Gasteiger partial charge is 0.311 e. The van der Waals surface area contributed by atoms with Gasteiger partial charge in [0.05, 0.1) is 12.5 Å². The third-order valence-electron chi connectivity index (χ3n) is 0.715. The van der Waals surface area contributed by atoms with Crippen LogP contribution in [0.1, 0.15) is 6.42 Å². The Balaban J connectivity index is 3.13. The van der Waals surface area contributed by atoms with E-state index >= 15 is 0 Å². The third-order valence-corrected chi connectivity index (χ3v) is 0.715. The molecule has 0 saturated heterocycles. The molecule has 1 radical (unpaired) electrons. The minimum atomic E-state index is 0.381. The van der Waals surface area contributed by atoms with E-state index in [0.717, 1.165) is 0 Å². The minimum Gasteiger partial charge on any atom is -0.336 e. The molecule has 0 unspecified atom stereocenters. The molecule has 1 amide bonds. The van der Waals surface area contributed by atoms with E-state index in [1.165, 1.54) is 4.90 Å². The van der Waals surface area contributed by atoms with Gasteiger partial charge in [-0.2, -0.15) is 5.26 Å². The van der Waals surface area contributed by atoms with Gasteiger partial charge in [-0.3, -0.25) is 4.79 Å². The molecule has 3 nitrogen and oxygen atoms in total. The van der Waals surface area contributed by atoms with E-state index in [9.17, 15) is 4.79 Å². The average Bonchev–Trinajstić information content (AvgIpc) is 1.83. The molecule has 0 aliphatic carbocycles. The zero-order valence-electron chi connectivity index (χ0n) is 4.72. The third kappa shape index (κ3) is 3.16. The van der Waals surface area contributed by atoms with E-state index < -0.39 is 0 Å². The Morgan fingerprint density at radius 3 is 2.75 bits per heavy atom. The van der Waals surface area contributed by atoms with E-state index in [4.69, 9.17) is 5.26 Å². The Labute approximate surface area is 48.5 Å². The SMILES string of the molecule is CN([C]=O)CCC#N. The van der Waals surface area contributed by atoms with Crippen LogP contribution in [0.4, 0.5) is 0 Å². The lowest BCUT2D eigenvalue weighted by molar-refractivity contribution is 0.440. The summed E-state index contributed by atoms with van der Waals surface area (Å²) in [6.07, 6.45) is 2.01. The summed E-state index contributed by atoms with van der Waals surface area (Å²) in [5, 5.41) is 8.00. The second kappa shape index (κ2) is 4.13. The van der Waals surface area contributed by atoms with Gasteiger partial charge in [0.25, 0.3) is 0 Å². The van der Waals surface area contributed by atoms with Gasteiger partial charge in [-0.25, -0.2) is 0 Å². The number of hydrogen-bond donors (Lipinski definition) is 0. The highest BCUT2D eigenvalue weighted by Gasteiger charge is 1.89. The molecule has 0 aromatic rings. The van der Waals surface area contributed by atoms with E-state index in [2.05, 4.69) is 0 Å². The van der Waals surface area contributed by atoms with Crippen molar-refractivity contribution in [3.05, 3.63) is 0 Å². The first-order valence-corrected chi connectivity index (χ1v) is 2.27. The zero-order valence-corrected chi connectivity index (χ0v) is 4.72. The molecule has 0 aromatic carbocycles. The Morgan fingerprint density at radius 2 is 2.38 bits per heavy atom. The molecule has 0 heterocycles. The van der Waals surface area contributed by atoms with Crippen LogP contribution in [0, 0.1) is 11.3 Å². The summed E-state index contributed by atoms with van der Waals surface area (Å²) in [4.78, 5) is 11.0. The molecule has 0 rings (SSSR count). The van der Waals surface area contributed by atoms with Crippen LogP contribution in [0.3, 0.4) is 0 Å². The van der Waals surface area contributed by atoms with Gasteiger partial charge in [0.15, 0.2) is 0 Å². The molecule has 0 fully saturated rings. The van der Waals surface area contributed by atoms with Crippen LogP contribution in [0.5, 0.6) is 0 Å². The number of nitrogens with zero attached hydrogens (tertiary/aromatic N) is 2. The first-order chi connectivity index (χ1) is 3.81. The van der Waals surface area contributed by atoms with Gasteiger partial charge in [-0.05, 0) is 0 Å². The summed E-state index contributed by atoms with van der Waals surface area (Å²) < 4.78 is 0. The summed E-state index contributed by atoms with van der Waals surface area (Å²) in [6.45, 7) is 0.472. The van der Waals surface area contributed by atoms with Crippen LogP contribution in [0.25, 0.3) is 0 Å². The van der Waals surface area contributed by atoms with Gasteiger partial charge in [0, 0.05) is 13.6 Å².